The predicted octanol–water partition coefficient (Wildman–Crippen LogP) is 5.48. The van der Waals surface area contributed by atoms with Crippen molar-refractivity contribution in [2.24, 2.45) is 0 Å². The van der Waals surface area contributed by atoms with E-state index in [1.807, 2.05) is 23.1 Å². The second-order valence-electron chi connectivity index (χ2n) is 13.4. The van der Waals surface area contributed by atoms with Crippen LogP contribution >= 0.6 is 0 Å². The first-order valence-electron chi connectivity index (χ1n) is 17.4. The van der Waals surface area contributed by atoms with Crippen molar-refractivity contribution in [1.29, 1.82) is 0 Å². The molecule has 6 rings (SSSR count). The largest absolute Gasteiger partial charge is 0.477 e. The number of aromatic nitrogens is 3. The standard InChI is InChI=1S/C37H45FN6O5/c1-3-24-19-26(12-9-23(24)2)39-31-22-32(45)44(37(49)41-31)14-8-6-4-5-7-13-42-15-17-43(18-16-42)30-21-29-27(20-28(30)38)35(46)33(36(47)48)34(40-29)25-10-11-25/h9,12,19-22,25,39H,3-8,10-11,13-18H2,1-2H3,(H,40,46)(H,41,49)(H,47,48). The number of hydrogen-bond donors (Lipinski definition) is 4. The Morgan fingerprint density at radius 1 is 0.939 bits per heavy atom. The van der Waals surface area contributed by atoms with Crippen LogP contribution in [0.1, 0.15) is 85.0 Å². The topological polar surface area (TPSA) is 144 Å². The number of unbranched alkanes of at least 4 members (excludes halogenated alkanes) is 4. The van der Waals surface area contributed by atoms with Crippen molar-refractivity contribution >= 4 is 34.1 Å². The Hall–Kier alpha value is -4.71. The zero-order valence-corrected chi connectivity index (χ0v) is 28.2. The number of carboxylic acids is 1. The van der Waals surface area contributed by atoms with Crippen molar-refractivity contribution in [2.75, 3.05) is 42.9 Å². The normalized spacial score (nSPS) is 15.2. The number of nitrogens with one attached hydrogen (secondary N) is 3. The molecule has 260 valence electrons. The summed E-state index contributed by atoms with van der Waals surface area (Å²) in [5.74, 6) is -1.38. The van der Waals surface area contributed by atoms with Crippen molar-refractivity contribution < 1.29 is 14.3 Å². The number of anilines is 3. The van der Waals surface area contributed by atoms with Gasteiger partial charge in [0.2, 0.25) is 5.43 Å². The lowest BCUT2D eigenvalue weighted by molar-refractivity contribution is 0.0694. The lowest BCUT2D eigenvalue weighted by Gasteiger charge is -2.36. The van der Waals surface area contributed by atoms with Gasteiger partial charge in [-0.05, 0) is 81.0 Å². The number of hydrogen-bond acceptors (Lipinski definition) is 7. The highest BCUT2D eigenvalue weighted by Gasteiger charge is 2.32. The molecule has 11 nitrogen and oxygen atoms in total. The lowest BCUT2D eigenvalue weighted by atomic mass is 10.0. The molecule has 3 heterocycles. The molecule has 49 heavy (non-hydrogen) atoms. The predicted molar refractivity (Wildman–Crippen MR) is 190 cm³/mol. The van der Waals surface area contributed by atoms with E-state index >= 15 is 4.39 Å². The van der Waals surface area contributed by atoms with Crippen LogP contribution in [0.5, 0.6) is 0 Å². The van der Waals surface area contributed by atoms with Crippen molar-refractivity contribution in [3.05, 3.63) is 95.7 Å². The van der Waals surface area contributed by atoms with Gasteiger partial charge in [0.05, 0.1) is 11.2 Å². The van der Waals surface area contributed by atoms with E-state index in [0.29, 0.717) is 42.4 Å². The quantitative estimate of drug-likeness (QED) is 0.129. The maximum Gasteiger partial charge on any atom is 0.341 e. The highest BCUT2D eigenvalue weighted by Crippen LogP contribution is 2.41. The molecule has 1 saturated carbocycles. The van der Waals surface area contributed by atoms with Crippen LogP contribution in [0.2, 0.25) is 0 Å². The van der Waals surface area contributed by atoms with Crippen LogP contribution in [0.3, 0.4) is 0 Å². The Labute approximate surface area is 283 Å². The van der Waals surface area contributed by atoms with E-state index in [1.54, 1.807) is 6.07 Å². The average molecular weight is 673 g/mol. The molecule has 12 heteroatoms. The summed E-state index contributed by atoms with van der Waals surface area (Å²) in [6, 6.07) is 10.2. The van der Waals surface area contributed by atoms with Gasteiger partial charge < -0.3 is 20.3 Å². The van der Waals surface area contributed by atoms with E-state index in [9.17, 15) is 24.3 Å². The number of rotatable bonds is 14. The number of carbonyl (C=O) groups is 1. The molecule has 2 aromatic carbocycles. The molecule has 0 spiro atoms. The second kappa shape index (κ2) is 14.8. The van der Waals surface area contributed by atoms with Crippen LogP contribution < -0.4 is 26.9 Å². The third-order valence-corrected chi connectivity index (χ3v) is 9.90. The number of halogens is 1. The van der Waals surface area contributed by atoms with Crippen LogP contribution in [-0.4, -0.2) is 63.2 Å². The summed E-state index contributed by atoms with van der Waals surface area (Å²) in [5.41, 5.74) is 2.95. The van der Waals surface area contributed by atoms with Gasteiger partial charge >= 0.3 is 11.7 Å². The first-order chi connectivity index (χ1) is 23.6. The minimum atomic E-state index is -1.28. The number of aromatic amines is 2. The fourth-order valence-electron chi connectivity index (χ4n) is 6.88. The number of benzene rings is 2. The van der Waals surface area contributed by atoms with Gasteiger partial charge in [0, 0.05) is 61.5 Å². The van der Waals surface area contributed by atoms with Gasteiger partial charge in [-0.3, -0.25) is 24.0 Å². The fraction of sp³-hybridized carbons (Fsp3) is 0.459. The van der Waals surface area contributed by atoms with Crippen LogP contribution in [0.15, 0.2) is 50.8 Å². The van der Waals surface area contributed by atoms with Gasteiger partial charge in [0.25, 0.3) is 5.56 Å². The average Bonchev–Trinajstić information content (AvgIpc) is 3.92. The molecule has 1 saturated heterocycles. The number of aryl methyl sites for hydroxylation is 2. The Balaban J connectivity index is 0.933. The Morgan fingerprint density at radius 2 is 1.65 bits per heavy atom. The molecule has 1 aliphatic carbocycles. The third kappa shape index (κ3) is 7.80. The summed E-state index contributed by atoms with van der Waals surface area (Å²) in [5, 5.41) is 12.8. The number of aromatic carboxylic acids is 1. The third-order valence-electron chi connectivity index (χ3n) is 9.90. The van der Waals surface area contributed by atoms with Crippen molar-refractivity contribution in [3.8, 4) is 0 Å². The molecule has 4 N–H and O–H groups in total. The molecule has 0 bridgehead atoms. The summed E-state index contributed by atoms with van der Waals surface area (Å²) < 4.78 is 16.5. The number of pyridine rings is 1. The van der Waals surface area contributed by atoms with Gasteiger partial charge in [0.15, 0.2) is 0 Å². The number of fused-ring (bicyclic) bond motifs is 1. The summed E-state index contributed by atoms with van der Waals surface area (Å²) in [4.78, 5) is 60.4. The SMILES string of the molecule is CCc1cc(Nc2cc(=O)n(CCCCCCCN3CCN(c4cc5[nH]c(C6CC6)c(C(=O)O)c(=O)c5cc4F)CC3)c(=O)[nH]2)ccc1C. The molecule has 0 unspecified atom stereocenters. The van der Waals surface area contributed by atoms with Crippen molar-refractivity contribution in [3.63, 3.8) is 0 Å². The molecule has 1 aliphatic heterocycles. The highest BCUT2D eigenvalue weighted by molar-refractivity contribution is 5.95. The molecule has 2 aliphatic rings. The Kier molecular flexibility index (Phi) is 10.3. The van der Waals surface area contributed by atoms with E-state index in [0.717, 1.165) is 76.7 Å². The Bertz CT molecular complexity index is 1990. The van der Waals surface area contributed by atoms with Gasteiger partial charge in [-0.25, -0.2) is 14.0 Å². The molecule has 2 fully saturated rings. The molecular weight excluding hydrogens is 627 g/mol. The molecule has 4 aromatic rings. The van der Waals surface area contributed by atoms with Gasteiger partial charge in [-0.1, -0.05) is 32.3 Å². The maximum absolute atomic E-state index is 15.2. The highest BCUT2D eigenvalue weighted by atomic mass is 19.1. The van der Waals surface area contributed by atoms with Crippen LogP contribution in [0, 0.1) is 12.7 Å². The molecule has 0 radical (unpaired) electrons. The summed E-state index contributed by atoms with van der Waals surface area (Å²) >= 11 is 0. The van der Waals surface area contributed by atoms with E-state index < -0.39 is 22.9 Å². The molecule has 0 atom stereocenters. The summed E-state index contributed by atoms with van der Waals surface area (Å²) in [7, 11) is 0. The Morgan fingerprint density at radius 3 is 2.33 bits per heavy atom. The zero-order valence-electron chi connectivity index (χ0n) is 28.2. The molecule has 2 aromatic heterocycles. The summed E-state index contributed by atoms with van der Waals surface area (Å²) in [6.07, 6.45) is 7.31. The number of piperazine rings is 1. The summed E-state index contributed by atoms with van der Waals surface area (Å²) in [6.45, 7) is 8.36. The number of carboxylic acid groups (broad SMARTS) is 1. The number of nitrogens with zero attached hydrogens (tertiary/aromatic N) is 3. The van der Waals surface area contributed by atoms with E-state index in [-0.39, 0.29) is 22.4 Å². The first kappa shape index (κ1) is 34.2. The zero-order chi connectivity index (χ0) is 34.7. The first-order valence-corrected chi connectivity index (χ1v) is 17.4. The van der Waals surface area contributed by atoms with Gasteiger partial charge in [-0.2, -0.15) is 0 Å². The van der Waals surface area contributed by atoms with Crippen LogP contribution in [0.25, 0.3) is 10.9 Å². The van der Waals surface area contributed by atoms with Crippen LogP contribution in [-0.2, 0) is 13.0 Å². The monoisotopic (exact) mass is 672 g/mol. The van der Waals surface area contributed by atoms with Crippen LogP contribution in [0.4, 0.5) is 21.6 Å². The minimum absolute atomic E-state index is 0.0357. The van der Waals surface area contributed by atoms with Gasteiger partial charge in [0.1, 0.15) is 17.2 Å². The van der Waals surface area contributed by atoms with E-state index in [4.69, 9.17) is 0 Å². The smallest absolute Gasteiger partial charge is 0.341 e. The lowest BCUT2D eigenvalue weighted by Crippen LogP contribution is -2.47. The number of H-pyrrole nitrogens is 2. The van der Waals surface area contributed by atoms with Crippen molar-refractivity contribution in [1.82, 2.24) is 19.4 Å². The molecule has 0 amide bonds. The van der Waals surface area contributed by atoms with E-state index in [2.05, 4.69) is 34.0 Å². The van der Waals surface area contributed by atoms with E-state index in [1.165, 1.54) is 27.8 Å². The molecular formula is C37H45FN6O5. The minimum Gasteiger partial charge on any atom is -0.477 e. The maximum atomic E-state index is 15.2. The van der Waals surface area contributed by atoms with Crippen molar-refractivity contribution in [2.45, 2.75) is 77.7 Å². The van der Waals surface area contributed by atoms with Gasteiger partial charge in [-0.15, -0.1) is 0 Å². The fourth-order valence-corrected chi connectivity index (χ4v) is 6.88. The second-order valence-corrected chi connectivity index (χ2v) is 13.4.